The first-order chi connectivity index (χ1) is 53.2. The number of thiazole rings is 7. The zero-order valence-corrected chi connectivity index (χ0v) is 69.4. The molecule has 0 atom stereocenters. The fraction of sp³-hybridized carbons (Fsp3) is 0.150. The van der Waals surface area contributed by atoms with Crippen molar-refractivity contribution in [2.45, 2.75) is 48.5 Å². The molecule has 564 valence electrons. The van der Waals surface area contributed by atoms with E-state index in [1.54, 1.807) is 97.8 Å². The molecule has 111 heavy (non-hydrogen) atoms. The molecule has 17 aromatic heterocycles. The minimum absolute atomic E-state index is 0. The van der Waals surface area contributed by atoms with Crippen molar-refractivity contribution in [1.29, 1.82) is 5.26 Å². The molecule has 0 aliphatic rings. The predicted molar refractivity (Wildman–Crippen MR) is 436 cm³/mol. The van der Waals surface area contributed by atoms with Gasteiger partial charge in [0, 0.05) is 68.2 Å². The molecule has 0 aliphatic carbocycles. The number of pyridine rings is 3. The predicted octanol–water partition coefficient (Wildman–Crippen LogP) is 7.62. The number of nitrogens with two attached hydrogens (primary N) is 6. The van der Waals surface area contributed by atoms with Gasteiger partial charge in [-0.1, -0.05) is 97.0 Å². The molecule has 13 N–H and O–H groups in total. The number of amides is 1. The molecule has 0 radical (unpaired) electrons. The minimum atomic E-state index is -0.678. The average Bonchev–Trinajstić information content (AvgIpc) is 1.73. The maximum atomic E-state index is 10.1. The molecule has 17 aromatic rings. The number of hydrogen-bond acceptors (Lipinski definition) is 48. The summed E-state index contributed by atoms with van der Waals surface area (Å²) in [5, 5.41) is 36.2. The van der Waals surface area contributed by atoms with E-state index in [-0.39, 0.29) is 35.4 Å². The number of anilines is 6. The van der Waals surface area contributed by atoms with Gasteiger partial charge in [-0.05, 0) is 97.1 Å². The van der Waals surface area contributed by atoms with E-state index in [4.69, 9.17) is 39.7 Å². The number of carbonyl (C=O) groups is 1. The first-order valence-corrected chi connectivity index (χ1v) is 37.3. The van der Waals surface area contributed by atoms with Crippen molar-refractivity contribution in [3.8, 4) is 5.40 Å². The van der Waals surface area contributed by atoms with E-state index in [0.29, 0.717) is 66.8 Å². The van der Waals surface area contributed by atoms with Gasteiger partial charge in [-0.15, -0.1) is 25.4 Å². The largest absolute Gasteiger partial charge is 1.00 e. The maximum Gasteiger partial charge on any atom is 1.00 e. The summed E-state index contributed by atoms with van der Waals surface area (Å²) in [5.74, 6) is 0.773. The van der Waals surface area contributed by atoms with Gasteiger partial charge in [0.1, 0.15) is 45.5 Å². The van der Waals surface area contributed by atoms with Crippen LogP contribution < -0.4 is 64.0 Å². The van der Waals surface area contributed by atoms with Crippen LogP contribution in [0.3, 0.4) is 0 Å². The normalized spacial score (nSPS) is 9.71. The van der Waals surface area contributed by atoms with Gasteiger partial charge in [0.15, 0.2) is 66.9 Å². The number of aliphatic imine (C=N–C) groups is 2. The van der Waals surface area contributed by atoms with Gasteiger partial charge < -0.3 is 56.7 Å². The molecule has 51 heteroatoms. The van der Waals surface area contributed by atoms with Crippen LogP contribution in [0.2, 0.25) is 0 Å². The summed E-state index contributed by atoms with van der Waals surface area (Å²) in [5.41, 5.74) is 39.7. The molecular formula is C60H59N36NaO4S10. The molecule has 17 rings (SSSR count). The Morgan fingerprint density at radius 2 is 0.964 bits per heavy atom. The van der Waals surface area contributed by atoms with Crippen molar-refractivity contribution >= 4 is 245 Å². The molecule has 0 unspecified atom stereocenters. The Labute approximate surface area is 694 Å². The third-order valence-corrected chi connectivity index (χ3v) is 17.5. The number of H-pyrrole nitrogens is 1. The van der Waals surface area contributed by atoms with Crippen LogP contribution >= 0.6 is 104 Å². The topological polar surface area (TPSA) is 600 Å². The number of hydrogen-bond donors (Lipinski definition) is 7. The second-order valence-electron chi connectivity index (χ2n) is 18.9. The van der Waals surface area contributed by atoms with Crippen molar-refractivity contribution in [2.24, 2.45) is 9.98 Å². The van der Waals surface area contributed by atoms with E-state index < -0.39 is 6.09 Å². The summed E-state index contributed by atoms with van der Waals surface area (Å²) in [6.07, 6.45) is 22.9. The van der Waals surface area contributed by atoms with Crippen molar-refractivity contribution in [3.63, 3.8) is 0 Å². The van der Waals surface area contributed by atoms with Gasteiger partial charge in [0.25, 0.3) is 0 Å². The molecule has 1 amide bonds. The standard InChI is InChI=1S/C8H8N4O2S.C7H6N2S.2C6H5N3S.C6H8N2.2C5H4N4S.C5H7N3.C4H3N5S.C4H5NO2S.C3H4N4S.CHNS.Na/c1-2-13-14-5-11-8-12-6-7(15-8)10-4-3-9-6;1-5-9-6-3-2-4-8-7(6)10-5;1-4-9-5-6(10-4)8-3-2-7-5;7-6-9-4-2-1-3-8-5(4)10-6;1-5-6(7)3-2-4-8-5;1-3-8-4-5(10-3)6-2-7-9-4;6-5-9-3-4(10-5)8-2-1-7-3;1-4-5(6)8-3-2-7-4;5-4-8-2-3(10-4)6-1-7-9-2;1-2-7-4(6)5-3-8;4-2-3(8)5-1-6-7-2;2-1-3;/h3-5H,2H2,1H3;2-4H,1H3;2-3H,1H3;1-3H,(H2,7,9);2-4H,7H2,1H3;2H,1H3;1-2H,(H2,6,7,9);2-3H,1H3,(H2,6,8);1H,(H2,5,8,9);2H2,1H3;1H,(H2,4,7)(H,5,6,8);3H;/q;;;;;;;;;;;;+1/p-1. The molecule has 0 aromatic carbocycles. The van der Waals surface area contributed by atoms with E-state index in [0.717, 1.165) is 82.6 Å². The summed E-state index contributed by atoms with van der Waals surface area (Å²) in [4.78, 5) is 116. The monoisotopic (exact) mass is 1690 g/mol. The zero-order valence-electron chi connectivity index (χ0n) is 59.2. The zero-order chi connectivity index (χ0) is 79.4. The molecule has 0 saturated carbocycles. The number of fused-ring (bicyclic) bond motifs is 7. The molecule has 17 heterocycles. The van der Waals surface area contributed by atoms with Crippen LogP contribution in [-0.4, -0.2) is 166 Å². The maximum absolute atomic E-state index is 10.1. The number of aryl methyl sites for hydroxylation is 5. The molecule has 0 aliphatic heterocycles. The number of rotatable bonds is 5. The van der Waals surface area contributed by atoms with Gasteiger partial charge in [0.05, 0.1) is 50.5 Å². The summed E-state index contributed by atoms with van der Waals surface area (Å²) >= 11 is 22.6. The molecule has 0 saturated heterocycles. The Kier molecular flexibility index (Phi) is 40.8. The number of aromatic nitrogens is 27. The molecule has 0 bridgehead atoms. The first kappa shape index (κ1) is 90.1. The number of thiocarbonyl (C=S) groups is 1. The third kappa shape index (κ3) is 33.1. The second kappa shape index (κ2) is 50.2. The number of nitrogens with one attached hydrogen (secondary N) is 1. The van der Waals surface area contributed by atoms with Gasteiger partial charge in [-0.2, -0.15) is 29.9 Å². The fourth-order valence-corrected chi connectivity index (χ4v) is 11.7. The van der Waals surface area contributed by atoms with Crippen molar-refractivity contribution < 1.29 is 48.9 Å². The molecule has 40 nitrogen and oxygen atoms in total. The van der Waals surface area contributed by atoms with Gasteiger partial charge in [0.2, 0.25) is 22.8 Å². The Morgan fingerprint density at radius 3 is 1.43 bits per heavy atom. The molecule has 0 spiro atoms. The van der Waals surface area contributed by atoms with E-state index in [1.807, 2.05) is 83.1 Å². The summed E-state index contributed by atoms with van der Waals surface area (Å²) in [6, 6.07) is 11.3. The van der Waals surface area contributed by atoms with E-state index in [9.17, 15) is 4.79 Å². The van der Waals surface area contributed by atoms with Crippen LogP contribution in [0.5, 0.6) is 0 Å². The Hall–Kier alpha value is -11.5. The van der Waals surface area contributed by atoms with Crippen LogP contribution in [0.15, 0.2) is 134 Å². The van der Waals surface area contributed by atoms with E-state index in [1.165, 1.54) is 87.5 Å². The molecular weight excluding hydrogens is 1630 g/mol. The number of carbonyl (C=O) groups excluding carboxylic acids is 1. The van der Waals surface area contributed by atoms with Crippen LogP contribution in [0.4, 0.5) is 42.6 Å². The van der Waals surface area contributed by atoms with Crippen molar-refractivity contribution in [3.05, 3.63) is 155 Å². The van der Waals surface area contributed by atoms with Crippen molar-refractivity contribution in [2.75, 3.05) is 47.6 Å². The van der Waals surface area contributed by atoms with Gasteiger partial charge in [-0.3, -0.25) is 15.1 Å². The number of thiocyanates is 1. The van der Waals surface area contributed by atoms with Crippen LogP contribution in [0.1, 0.15) is 40.3 Å². The number of ether oxygens (including phenoxy) is 1. The molecule has 0 fully saturated rings. The van der Waals surface area contributed by atoms with Crippen molar-refractivity contribution in [1.82, 2.24) is 135 Å². The number of nitrogen functional groups attached to an aromatic ring is 6. The summed E-state index contributed by atoms with van der Waals surface area (Å²) in [7, 11) is 0. The van der Waals surface area contributed by atoms with Crippen LogP contribution in [0.25, 0.3) is 73.1 Å². The second-order valence-corrected chi connectivity index (χ2v) is 27.1. The average molecular weight is 1690 g/mol. The first-order valence-electron chi connectivity index (χ1n) is 30.3. The number of aromatic amines is 1. The number of isothiocyanates is 1. The fourth-order valence-electron chi connectivity index (χ4n) is 6.77. The Bertz CT molecular complexity index is 4940. The number of nitriles is 1. The van der Waals surface area contributed by atoms with E-state index in [2.05, 4.69) is 197 Å². The SMILES string of the molecule is CCOC(=O)N=C=S.CCOOC=Nc1nc2nccnc2s1.Cc1nc2cccnc2s1.Cc1nc2nccnc2s1.Cc1nc2nncnc2s1.Cc1ncccc1N.Cc1nccnc1N.N#C[S-].Nc1n[nH]cnc1=S.Nc1nc2cccnc2s1.Nc1nc2nccnc2s1.Nc1nc2nncnc2s1.[Na+]. The van der Waals surface area contributed by atoms with Crippen LogP contribution in [0, 0.1) is 49.9 Å². The van der Waals surface area contributed by atoms with E-state index >= 15 is 0 Å². The number of nitrogens with zero attached hydrogens (tertiary/aromatic N) is 29. The van der Waals surface area contributed by atoms with Gasteiger partial charge >= 0.3 is 35.7 Å². The Balaban J connectivity index is 0.000000218. The quantitative estimate of drug-likeness (QED) is 0.0100. The van der Waals surface area contributed by atoms with Gasteiger partial charge in [-0.25, -0.2) is 89.8 Å². The summed E-state index contributed by atoms with van der Waals surface area (Å²) < 4.78 is 4.68. The van der Waals surface area contributed by atoms with Crippen LogP contribution in [-0.2, 0) is 27.1 Å². The summed E-state index contributed by atoms with van der Waals surface area (Å²) in [6.45, 7) is 13.9. The third-order valence-electron chi connectivity index (χ3n) is 11.2. The minimum Gasteiger partial charge on any atom is -0.696 e. The Morgan fingerprint density at radius 1 is 0.523 bits per heavy atom. The smallest absolute Gasteiger partial charge is 0.696 e.